The molecule has 1 aliphatic rings. The first-order chi connectivity index (χ1) is 11.5. The number of anilines is 1. The molecule has 24 heavy (non-hydrogen) atoms. The van der Waals surface area contributed by atoms with Gasteiger partial charge in [0.25, 0.3) is 0 Å². The van der Waals surface area contributed by atoms with Gasteiger partial charge in [0.05, 0.1) is 16.1 Å². The molecule has 5 nitrogen and oxygen atoms in total. The zero-order chi connectivity index (χ0) is 17.3. The molecule has 3 rings (SSSR count). The van der Waals surface area contributed by atoms with E-state index in [2.05, 4.69) is 29.0 Å². The van der Waals surface area contributed by atoms with Gasteiger partial charge in [-0.25, -0.2) is 9.78 Å². The van der Waals surface area contributed by atoms with E-state index in [9.17, 15) is 9.90 Å². The summed E-state index contributed by atoms with van der Waals surface area (Å²) < 4.78 is 0. The molecule has 2 aromatic rings. The molecule has 0 saturated carbocycles. The lowest BCUT2D eigenvalue weighted by Crippen LogP contribution is -2.35. The van der Waals surface area contributed by atoms with E-state index in [4.69, 9.17) is 11.6 Å². The van der Waals surface area contributed by atoms with Gasteiger partial charge in [0, 0.05) is 24.5 Å². The van der Waals surface area contributed by atoms with Crippen molar-refractivity contribution in [3.05, 3.63) is 34.9 Å². The normalized spacial score (nSPS) is 17.8. The summed E-state index contributed by atoms with van der Waals surface area (Å²) in [6.45, 7) is 7.30. The molecule has 1 aromatic carbocycles. The number of rotatable bonds is 5. The first-order valence-electron chi connectivity index (χ1n) is 8.26. The summed E-state index contributed by atoms with van der Waals surface area (Å²) in [5, 5.41) is 13.8. The first kappa shape index (κ1) is 17.0. The van der Waals surface area contributed by atoms with Crippen molar-refractivity contribution in [2.24, 2.45) is 5.92 Å². The number of nitrogens with zero attached hydrogens (tertiary/aromatic N) is 2. The van der Waals surface area contributed by atoms with Crippen LogP contribution in [0.3, 0.4) is 0 Å². The highest BCUT2D eigenvalue weighted by molar-refractivity contribution is 6.35. The number of carboxylic acids is 1. The van der Waals surface area contributed by atoms with Crippen LogP contribution in [0.5, 0.6) is 0 Å². The second-order valence-corrected chi connectivity index (χ2v) is 7.10. The van der Waals surface area contributed by atoms with Crippen LogP contribution >= 0.6 is 11.6 Å². The highest BCUT2D eigenvalue weighted by atomic mass is 35.5. The predicted octanol–water partition coefficient (Wildman–Crippen LogP) is 3.41. The van der Waals surface area contributed by atoms with Crippen molar-refractivity contribution >= 4 is 34.3 Å². The molecule has 1 atom stereocenters. The van der Waals surface area contributed by atoms with E-state index < -0.39 is 5.97 Å². The van der Waals surface area contributed by atoms with Crippen molar-refractivity contribution < 1.29 is 9.90 Å². The van der Waals surface area contributed by atoms with Gasteiger partial charge in [0.15, 0.2) is 0 Å². The summed E-state index contributed by atoms with van der Waals surface area (Å²) in [6.07, 6.45) is 1.09. The second kappa shape index (κ2) is 6.95. The van der Waals surface area contributed by atoms with Crippen LogP contribution in [-0.4, -0.2) is 41.7 Å². The zero-order valence-electron chi connectivity index (χ0n) is 13.9. The molecule has 0 radical (unpaired) electrons. The van der Waals surface area contributed by atoms with Gasteiger partial charge in [-0.1, -0.05) is 25.4 Å². The molecular formula is C18H22ClN3O2. The molecule has 1 unspecified atom stereocenters. The molecule has 2 heterocycles. The number of halogens is 1. The van der Waals surface area contributed by atoms with E-state index in [0.29, 0.717) is 22.9 Å². The highest BCUT2D eigenvalue weighted by Gasteiger charge is 2.24. The van der Waals surface area contributed by atoms with E-state index >= 15 is 0 Å². The predicted molar refractivity (Wildman–Crippen MR) is 97.2 cm³/mol. The van der Waals surface area contributed by atoms with E-state index in [1.54, 1.807) is 12.1 Å². The summed E-state index contributed by atoms with van der Waals surface area (Å²) in [5.41, 5.74) is 0.777. The summed E-state index contributed by atoms with van der Waals surface area (Å²) in [6, 6.07) is 7.54. The number of nitrogens with one attached hydrogen (secondary N) is 1. The molecule has 0 spiro atoms. The average molecular weight is 348 g/mol. The minimum absolute atomic E-state index is 0.117. The Morgan fingerprint density at radius 1 is 1.42 bits per heavy atom. The Kier molecular flexibility index (Phi) is 4.92. The van der Waals surface area contributed by atoms with E-state index in [-0.39, 0.29) is 10.6 Å². The number of hydrogen-bond acceptors (Lipinski definition) is 4. The number of carbonyl (C=O) groups is 1. The van der Waals surface area contributed by atoms with Gasteiger partial charge in [-0.2, -0.15) is 0 Å². The van der Waals surface area contributed by atoms with Crippen LogP contribution in [0.1, 0.15) is 30.6 Å². The Morgan fingerprint density at radius 3 is 2.92 bits per heavy atom. The molecule has 1 saturated heterocycles. The maximum Gasteiger partial charge on any atom is 0.337 e. The van der Waals surface area contributed by atoms with Crippen molar-refractivity contribution in [3.63, 3.8) is 0 Å². The fourth-order valence-electron chi connectivity index (χ4n) is 3.10. The van der Waals surface area contributed by atoms with Crippen molar-refractivity contribution in [1.29, 1.82) is 0 Å². The molecule has 1 aromatic heterocycles. The van der Waals surface area contributed by atoms with E-state index in [0.717, 1.165) is 31.9 Å². The third kappa shape index (κ3) is 3.47. The van der Waals surface area contributed by atoms with Crippen LogP contribution in [0.25, 0.3) is 10.9 Å². The minimum Gasteiger partial charge on any atom is -0.478 e. The fourth-order valence-corrected chi connectivity index (χ4v) is 3.34. The number of aromatic carboxylic acids is 1. The van der Waals surface area contributed by atoms with Crippen molar-refractivity contribution in [3.8, 4) is 0 Å². The first-order valence-corrected chi connectivity index (χ1v) is 8.64. The summed E-state index contributed by atoms with van der Waals surface area (Å²) >= 11 is 6.02. The average Bonchev–Trinajstić information content (AvgIpc) is 3.01. The molecule has 2 N–H and O–H groups in total. The molecule has 0 bridgehead atoms. The van der Waals surface area contributed by atoms with Gasteiger partial charge in [-0.05, 0) is 43.1 Å². The smallest absolute Gasteiger partial charge is 0.337 e. The lowest BCUT2D eigenvalue weighted by molar-refractivity contribution is 0.0699. The van der Waals surface area contributed by atoms with Crippen LogP contribution in [-0.2, 0) is 0 Å². The third-order valence-electron chi connectivity index (χ3n) is 4.35. The third-order valence-corrected chi connectivity index (χ3v) is 4.66. The van der Waals surface area contributed by atoms with Gasteiger partial charge in [0.1, 0.15) is 5.82 Å². The largest absolute Gasteiger partial charge is 0.478 e. The van der Waals surface area contributed by atoms with Gasteiger partial charge in [0.2, 0.25) is 0 Å². The summed E-state index contributed by atoms with van der Waals surface area (Å²) in [5.74, 6) is 0.492. The lowest BCUT2D eigenvalue weighted by Gasteiger charge is -2.19. The van der Waals surface area contributed by atoms with Gasteiger partial charge >= 0.3 is 5.97 Å². The maximum absolute atomic E-state index is 11.4. The van der Waals surface area contributed by atoms with Gasteiger partial charge in [-0.15, -0.1) is 0 Å². The maximum atomic E-state index is 11.4. The molecule has 0 amide bonds. The Bertz CT molecular complexity index is 763. The van der Waals surface area contributed by atoms with Crippen molar-refractivity contribution in [1.82, 2.24) is 10.3 Å². The Balaban J connectivity index is 1.82. The van der Waals surface area contributed by atoms with Crippen LogP contribution in [0.2, 0.25) is 5.02 Å². The summed E-state index contributed by atoms with van der Waals surface area (Å²) in [4.78, 5) is 18.3. The van der Waals surface area contributed by atoms with E-state index in [1.807, 2.05) is 12.1 Å². The number of hydrogen-bond donors (Lipinski definition) is 2. The number of carboxylic acid groups (broad SMARTS) is 1. The summed E-state index contributed by atoms with van der Waals surface area (Å²) in [7, 11) is 0. The van der Waals surface area contributed by atoms with E-state index in [1.165, 1.54) is 0 Å². The monoisotopic (exact) mass is 347 g/mol. The number of pyridine rings is 1. The topological polar surface area (TPSA) is 65.5 Å². The number of fused-ring (bicyclic) bond motifs is 1. The molecule has 1 fully saturated rings. The molecule has 128 valence electrons. The van der Waals surface area contributed by atoms with Gasteiger partial charge < -0.3 is 15.3 Å². The van der Waals surface area contributed by atoms with Crippen molar-refractivity contribution in [2.45, 2.75) is 26.3 Å². The lowest BCUT2D eigenvalue weighted by atomic mass is 10.1. The molecular weight excluding hydrogens is 326 g/mol. The van der Waals surface area contributed by atoms with Gasteiger partial charge in [-0.3, -0.25) is 0 Å². The SMILES string of the molecule is CC(C)CNC1CCN(c2ccc3c(C(=O)O)c(Cl)ccc3n2)C1. The van der Waals surface area contributed by atoms with Crippen LogP contribution < -0.4 is 10.2 Å². The molecule has 1 aliphatic heterocycles. The zero-order valence-corrected chi connectivity index (χ0v) is 14.7. The Hall–Kier alpha value is -1.85. The number of aromatic nitrogens is 1. The van der Waals surface area contributed by atoms with Crippen molar-refractivity contribution in [2.75, 3.05) is 24.5 Å². The Morgan fingerprint density at radius 2 is 2.21 bits per heavy atom. The Labute approximate surface area is 146 Å². The quantitative estimate of drug-likeness (QED) is 0.867. The molecule has 6 heteroatoms. The van der Waals surface area contributed by atoms with Crippen LogP contribution in [0, 0.1) is 5.92 Å². The standard InChI is InChI=1S/C18H22ClN3O2/c1-11(2)9-20-12-7-8-22(10-12)16-6-3-13-15(21-16)5-4-14(19)17(13)18(23)24/h3-6,11-12,20H,7-10H2,1-2H3,(H,23,24). The van der Waals surface area contributed by atoms with Crippen LogP contribution in [0.15, 0.2) is 24.3 Å². The van der Waals surface area contributed by atoms with Crippen LogP contribution in [0.4, 0.5) is 5.82 Å². The fraction of sp³-hybridized carbons (Fsp3) is 0.444. The number of benzene rings is 1. The minimum atomic E-state index is -1.03. The molecule has 0 aliphatic carbocycles. The highest BCUT2D eigenvalue weighted by Crippen LogP contribution is 2.28. The second-order valence-electron chi connectivity index (χ2n) is 6.70.